The van der Waals surface area contributed by atoms with Crippen LogP contribution in [0.5, 0.6) is 5.75 Å². The summed E-state index contributed by atoms with van der Waals surface area (Å²) in [6.45, 7) is 2.01. The highest BCUT2D eigenvalue weighted by molar-refractivity contribution is 5.88. The van der Waals surface area contributed by atoms with Gasteiger partial charge < -0.3 is 19.9 Å². The topological polar surface area (TPSA) is 67.8 Å². The summed E-state index contributed by atoms with van der Waals surface area (Å²) < 4.78 is 11.0. The van der Waals surface area contributed by atoms with E-state index in [1.165, 1.54) is 0 Å². The number of ether oxygens (including phenoxy) is 2. The fourth-order valence-corrected chi connectivity index (χ4v) is 4.01. The number of hydrogen-bond donors (Lipinski definition) is 2. The number of amides is 1. The molecule has 1 amide bonds. The molecule has 0 aromatic heterocycles. The Labute approximate surface area is 159 Å². The van der Waals surface area contributed by atoms with E-state index < -0.39 is 11.5 Å². The summed E-state index contributed by atoms with van der Waals surface area (Å²) >= 11 is 0. The van der Waals surface area contributed by atoms with E-state index in [9.17, 15) is 9.90 Å². The molecule has 2 aliphatic rings. The van der Waals surface area contributed by atoms with Crippen molar-refractivity contribution in [3.63, 3.8) is 0 Å². The summed E-state index contributed by atoms with van der Waals surface area (Å²) in [4.78, 5) is 13.1. The molecule has 1 fully saturated rings. The van der Waals surface area contributed by atoms with E-state index in [-0.39, 0.29) is 12.5 Å². The maximum atomic E-state index is 13.1. The van der Waals surface area contributed by atoms with Gasteiger partial charge >= 0.3 is 0 Å². The summed E-state index contributed by atoms with van der Waals surface area (Å²) in [7, 11) is 0. The van der Waals surface area contributed by atoms with Crippen LogP contribution in [0.1, 0.15) is 35.6 Å². The monoisotopic (exact) mass is 367 g/mol. The third-order valence-electron chi connectivity index (χ3n) is 5.66. The first kappa shape index (κ1) is 18.0. The average Bonchev–Trinajstić information content (AvgIpc) is 3.20. The fourth-order valence-electron chi connectivity index (χ4n) is 4.01. The van der Waals surface area contributed by atoms with Crippen LogP contribution in [0.25, 0.3) is 0 Å². The van der Waals surface area contributed by atoms with Crippen molar-refractivity contribution in [2.24, 2.45) is 0 Å². The average molecular weight is 367 g/mol. The molecule has 0 bridgehead atoms. The number of hydrogen-bond acceptors (Lipinski definition) is 4. The Morgan fingerprint density at radius 1 is 1.11 bits per heavy atom. The van der Waals surface area contributed by atoms with Crippen LogP contribution in [0, 0.1) is 0 Å². The number of carbonyl (C=O) groups excluding carboxylic acids is 1. The van der Waals surface area contributed by atoms with Crippen LogP contribution in [-0.2, 0) is 21.4 Å². The minimum atomic E-state index is -0.743. The van der Waals surface area contributed by atoms with Gasteiger partial charge in [0.05, 0.1) is 18.1 Å². The van der Waals surface area contributed by atoms with E-state index in [1.54, 1.807) is 0 Å². The predicted octanol–water partition coefficient (Wildman–Crippen LogP) is 2.52. The van der Waals surface area contributed by atoms with E-state index >= 15 is 0 Å². The van der Waals surface area contributed by atoms with Gasteiger partial charge in [-0.05, 0) is 41.7 Å². The summed E-state index contributed by atoms with van der Waals surface area (Å²) in [5, 5.41) is 13.6. The summed E-state index contributed by atoms with van der Waals surface area (Å²) in [5.41, 5.74) is 2.34. The maximum absolute atomic E-state index is 13.1. The molecule has 2 N–H and O–H groups in total. The highest BCUT2D eigenvalue weighted by Gasteiger charge is 2.41. The SMILES string of the molecule is O=C(NCC(O)c1ccc2c(c1)CCO2)C1(c2ccccc2)CCOCC1. The second-order valence-electron chi connectivity index (χ2n) is 7.25. The first-order chi connectivity index (χ1) is 13.2. The molecule has 1 saturated heterocycles. The van der Waals surface area contributed by atoms with Crippen molar-refractivity contribution in [3.8, 4) is 5.75 Å². The Morgan fingerprint density at radius 3 is 2.67 bits per heavy atom. The quantitative estimate of drug-likeness (QED) is 0.852. The van der Waals surface area contributed by atoms with Gasteiger partial charge in [0.1, 0.15) is 5.75 Å². The lowest BCUT2D eigenvalue weighted by Gasteiger charge is -2.36. The molecule has 142 valence electrons. The fraction of sp³-hybridized carbons (Fsp3) is 0.409. The molecule has 0 saturated carbocycles. The zero-order chi connectivity index (χ0) is 18.7. The zero-order valence-corrected chi connectivity index (χ0v) is 15.3. The number of carbonyl (C=O) groups is 1. The molecule has 2 aromatic rings. The molecule has 1 unspecified atom stereocenters. The van der Waals surface area contributed by atoms with Crippen LogP contribution in [0.3, 0.4) is 0 Å². The molecular formula is C22H25NO4. The predicted molar refractivity (Wildman–Crippen MR) is 102 cm³/mol. The number of aliphatic hydroxyl groups is 1. The van der Waals surface area contributed by atoms with Gasteiger partial charge in [0.15, 0.2) is 0 Å². The van der Waals surface area contributed by atoms with Crippen LogP contribution in [0.2, 0.25) is 0 Å². The molecular weight excluding hydrogens is 342 g/mol. The van der Waals surface area contributed by atoms with Crippen molar-refractivity contribution >= 4 is 5.91 Å². The molecule has 2 heterocycles. The Kier molecular flexibility index (Phi) is 5.14. The molecule has 5 heteroatoms. The van der Waals surface area contributed by atoms with E-state index in [2.05, 4.69) is 5.32 Å². The molecule has 0 radical (unpaired) electrons. The number of benzene rings is 2. The lowest BCUT2D eigenvalue weighted by atomic mass is 9.73. The van der Waals surface area contributed by atoms with E-state index in [4.69, 9.17) is 9.47 Å². The lowest BCUT2D eigenvalue weighted by Crippen LogP contribution is -2.48. The minimum absolute atomic E-state index is 0.0412. The van der Waals surface area contributed by atoms with Gasteiger partial charge in [0, 0.05) is 26.2 Å². The Hall–Kier alpha value is -2.37. The van der Waals surface area contributed by atoms with E-state index in [1.807, 2.05) is 48.5 Å². The molecule has 4 rings (SSSR count). The van der Waals surface area contributed by atoms with Gasteiger partial charge in [-0.25, -0.2) is 0 Å². The number of nitrogens with one attached hydrogen (secondary N) is 1. The standard InChI is InChI=1S/C22H25NO4/c24-19(16-6-7-20-17(14-16)8-11-27-20)15-23-21(25)22(9-12-26-13-10-22)18-4-2-1-3-5-18/h1-7,14,19,24H,8-13,15H2,(H,23,25). The van der Waals surface area contributed by atoms with Crippen molar-refractivity contribution in [2.75, 3.05) is 26.4 Å². The van der Waals surface area contributed by atoms with Gasteiger partial charge in [-0.15, -0.1) is 0 Å². The van der Waals surface area contributed by atoms with Crippen molar-refractivity contribution < 1.29 is 19.4 Å². The highest BCUT2D eigenvalue weighted by Crippen LogP contribution is 2.35. The van der Waals surface area contributed by atoms with Gasteiger partial charge in [-0.3, -0.25) is 4.79 Å². The first-order valence-corrected chi connectivity index (χ1v) is 9.54. The summed E-state index contributed by atoms with van der Waals surface area (Å²) in [6, 6.07) is 15.6. The van der Waals surface area contributed by atoms with Crippen LogP contribution >= 0.6 is 0 Å². The molecule has 2 aliphatic heterocycles. The summed E-state index contributed by atoms with van der Waals surface area (Å²) in [5.74, 6) is 0.848. The number of fused-ring (bicyclic) bond motifs is 1. The van der Waals surface area contributed by atoms with Crippen LogP contribution in [-0.4, -0.2) is 37.4 Å². The molecule has 5 nitrogen and oxygen atoms in total. The third kappa shape index (κ3) is 3.57. The van der Waals surface area contributed by atoms with E-state index in [0.29, 0.717) is 32.7 Å². The van der Waals surface area contributed by atoms with Crippen LogP contribution in [0.15, 0.2) is 48.5 Å². The van der Waals surface area contributed by atoms with E-state index in [0.717, 1.165) is 28.9 Å². The second-order valence-corrected chi connectivity index (χ2v) is 7.25. The zero-order valence-electron chi connectivity index (χ0n) is 15.3. The van der Waals surface area contributed by atoms with Gasteiger partial charge in [-0.1, -0.05) is 36.4 Å². The minimum Gasteiger partial charge on any atom is -0.493 e. The molecule has 2 aromatic carbocycles. The van der Waals surface area contributed by atoms with Crippen LogP contribution in [0.4, 0.5) is 0 Å². The largest absolute Gasteiger partial charge is 0.493 e. The lowest BCUT2D eigenvalue weighted by molar-refractivity contribution is -0.131. The highest BCUT2D eigenvalue weighted by atomic mass is 16.5. The Bertz CT molecular complexity index is 799. The van der Waals surface area contributed by atoms with Crippen LogP contribution < -0.4 is 10.1 Å². The van der Waals surface area contributed by atoms with Crippen molar-refractivity contribution in [1.29, 1.82) is 0 Å². The molecule has 27 heavy (non-hydrogen) atoms. The molecule has 1 atom stereocenters. The molecule has 0 spiro atoms. The normalized spacial score (nSPS) is 19.0. The van der Waals surface area contributed by atoms with Gasteiger partial charge in [-0.2, -0.15) is 0 Å². The van der Waals surface area contributed by atoms with Crippen molar-refractivity contribution in [3.05, 3.63) is 65.2 Å². The van der Waals surface area contributed by atoms with Gasteiger partial charge in [0.2, 0.25) is 5.91 Å². The number of rotatable bonds is 5. The van der Waals surface area contributed by atoms with Crippen molar-refractivity contribution in [1.82, 2.24) is 5.32 Å². The smallest absolute Gasteiger partial charge is 0.230 e. The third-order valence-corrected chi connectivity index (χ3v) is 5.66. The van der Waals surface area contributed by atoms with Crippen molar-refractivity contribution in [2.45, 2.75) is 30.8 Å². The second kappa shape index (κ2) is 7.71. The first-order valence-electron chi connectivity index (χ1n) is 9.54. The molecule has 0 aliphatic carbocycles. The van der Waals surface area contributed by atoms with Gasteiger partial charge in [0.25, 0.3) is 0 Å². The number of aliphatic hydroxyl groups excluding tert-OH is 1. The maximum Gasteiger partial charge on any atom is 0.230 e. The Morgan fingerprint density at radius 2 is 1.89 bits per heavy atom. The Balaban J connectivity index is 1.47. The summed E-state index contributed by atoms with van der Waals surface area (Å²) in [6.07, 6.45) is 1.41.